The third-order valence-electron chi connectivity index (χ3n) is 2.03. The lowest BCUT2D eigenvalue weighted by atomic mass is 10.1. The fourth-order valence-corrected chi connectivity index (χ4v) is 1.43. The molecule has 1 N–H and O–H groups in total. The van der Waals surface area contributed by atoms with Crippen molar-refractivity contribution in [3.63, 3.8) is 0 Å². The molecule has 1 aliphatic heterocycles. The second-order valence-corrected chi connectivity index (χ2v) is 3.35. The SMILES string of the molecule is C=C/C(=C\C)C1CCCN1.CC.CCC. The molecule has 0 spiro atoms. The van der Waals surface area contributed by atoms with Crippen LogP contribution < -0.4 is 5.32 Å². The minimum Gasteiger partial charge on any atom is -0.310 e. The zero-order chi connectivity index (χ0) is 12.1. The average Bonchev–Trinajstić information content (AvgIpc) is 2.78. The number of hydrogen-bond donors (Lipinski definition) is 1. The Morgan fingerprint density at radius 1 is 1.40 bits per heavy atom. The Balaban J connectivity index is 0. The number of rotatable bonds is 2. The number of nitrogens with one attached hydrogen (secondary N) is 1. The molecule has 0 aromatic carbocycles. The highest BCUT2D eigenvalue weighted by Crippen LogP contribution is 2.14. The van der Waals surface area contributed by atoms with Gasteiger partial charge in [0.25, 0.3) is 0 Å². The molecule has 1 heterocycles. The molecule has 1 unspecified atom stereocenters. The molecule has 15 heavy (non-hydrogen) atoms. The molecule has 0 bridgehead atoms. The van der Waals surface area contributed by atoms with Gasteiger partial charge in [0, 0.05) is 6.04 Å². The summed E-state index contributed by atoms with van der Waals surface area (Å²) < 4.78 is 0. The van der Waals surface area contributed by atoms with Gasteiger partial charge in [0.1, 0.15) is 0 Å². The molecule has 90 valence electrons. The summed E-state index contributed by atoms with van der Waals surface area (Å²) in [6.45, 7) is 15.2. The van der Waals surface area contributed by atoms with E-state index in [4.69, 9.17) is 0 Å². The highest BCUT2D eigenvalue weighted by Gasteiger charge is 2.14. The molecule has 0 amide bonds. The summed E-state index contributed by atoms with van der Waals surface area (Å²) in [6.07, 6.45) is 7.90. The Labute approximate surface area is 96.7 Å². The normalized spacial score (nSPS) is 19.5. The van der Waals surface area contributed by atoms with E-state index in [-0.39, 0.29) is 0 Å². The molecule has 1 aliphatic rings. The molecule has 1 rings (SSSR count). The van der Waals surface area contributed by atoms with Gasteiger partial charge >= 0.3 is 0 Å². The lowest BCUT2D eigenvalue weighted by Gasteiger charge is -2.09. The largest absolute Gasteiger partial charge is 0.310 e. The summed E-state index contributed by atoms with van der Waals surface area (Å²) in [7, 11) is 0. The molecule has 0 aromatic heterocycles. The summed E-state index contributed by atoms with van der Waals surface area (Å²) in [4.78, 5) is 0. The fourth-order valence-electron chi connectivity index (χ4n) is 1.43. The van der Waals surface area contributed by atoms with Crippen molar-refractivity contribution in [3.8, 4) is 0 Å². The van der Waals surface area contributed by atoms with Gasteiger partial charge in [-0.2, -0.15) is 0 Å². The van der Waals surface area contributed by atoms with E-state index >= 15 is 0 Å². The quantitative estimate of drug-likeness (QED) is 0.671. The molecule has 0 aliphatic carbocycles. The van der Waals surface area contributed by atoms with Crippen LogP contribution in [0.2, 0.25) is 0 Å². The van der Waals surface area contributed by atoms with Gasteiger partial charge in [-0.3, -0.25) is 0 Å². The number of hydrogen-bond acceptors (Lipinski definition) is 1. The fraction of sp³-hybridized carbons (Fsp3) is 0.714. The minimum absolute atomic E-state index is 0.586. The smallest absolute Gasteiger partial charge is 0.0317 e. The zero-order valence-electron chi connectivity index (χ0n) is 11.3. The molecule has 1 saturated heterocycles. The van der Waals surface area contributed by atoms with Crippen LogP contribution in [0.3, 0.4) is 0 Å². The Kier molecular flexibility index (Phi) is 15.1. The van der Waals surface area contributed by atoms with E-state index in [0.29, 0.717) is 6.04 Å². The summed E-state index contributed by atoms with van der Waals surface area (Å²) in [5.41, 5.74) is 1.34. The first-order chi connectivity index (χ1) is 7.29. The molecule has 1 fully saturated rings. The summed E-state index contributed by atoms with van der Waals surface area (Å²) in [5.74, 6) is 0. The van der Waals surface area contributed by atoms with Gasteiger partial charge in [-0.25, -0.2) is 0 Å². The summed E-state index contributed by atoms with van der Waals surface area (Å²) >= 11 is 0. The van der Waals surface area contributed by atoms with E-state index in [2.05, 4.69) is 38.7 Å². The Morgan fingerprint density at radius 3 is 2.20 bits per heavy atom. The highest BCUT2D eigenvalue weighted by molar-refractivity contribution is 5.22. The zero-order valence-corrected chi connectivity index (χ0v) is 11.3. The first-order valence-electron chi connectivity index (χ1n) is 6.32. The predicted octanol–water partition coefficient (Wildman–Crippen LogP) is 4.31. The molecule has 0 aromatic rings. The van der Waals surface area contributed by atoms with Gasteiger partial charge < -0.3 is 5.32 Å². The standard InChI is InChI=1S/C9H15N.C3H8.C2H6/c1-3-8(4-2)9-6-5-7-10-9;1-3-2;1-2/h3-4,9-10H,1,5-7H2,2H3;3H2,1-2H3;1-2H3/b8-4+;;. The Morgan fingerprint density at radius 2 is 1.93 bits per heavy atom. The Hall–Kier alpha value is -0.560. The highest BCUT2D eigenvalue weighted by atomic mass is 14.9. The van der Waals surface area contributed by atoms with Crippen LogP contribution in [0.5, 0.6) is 0 Å². The lowest BCUT2D eigenvalue weighted by molar-refractivity contribution is 0.702. The van der Waals surface area contributed by atoms with E-state index in [1.165, 1.54) is 24.8 Å². The van der Waals surface area contributed by atoms with Crippen molar-refractivity contribution >= 4 is 0 Å². The van der Waals surface area contributed by atoms with Gasteiger partial charge in [-0.05, 0) is 31.9 Å². The molecule has 1 atom stereocenters. The van der Waals surface area contributed by atoms with Crippen molar-refractivity contribution in [3.05, 3.63) is 24.3 Å². The second kappa shape index (κ2) is 13.4. The first kappa shape index (κ1) is 16.9. The van der Waals surface area contributed by atoms with Crippen LogP contribution in [0.25, 0.3) is 0 Å². The third kappa shape index (κ3) is 8.44. The van der Waals surface area contributed by atoms with Crippen LogP contribution in [0, 0.1) is 0 Å². The molecule has 1 heteroatoms. The van der Waals surface area contributed by atoms with Crippen LogP contribution in [0.15, 0.2) is 24.3 Å². The van der Waals surface area contributed by atoms with E-state index in [9.17, 15) is 0 Å². The van der Waals surface area contributed by atoms with Crippen LogP contribution in [0.4, 0.5) is 0 Å². The maximum absolute atomic E-state index is 3.77. The lowest BCUT2D eigenvalue weighted by Crippen LogP contribution is -2.22. The molecule has 0 radical (unpaired) electrons. The van der Waals surface area contributed by atoms with E-state index in [1.807, 2.05) is 19.9 Å². The van der Waals surface area contributed by atoms with Crippen LogP contribution >= 0.6 is 0 Å². The molecular formula is C14H29N. The van der Waals surface area contributed by atoms with Crippen LogP contribution in [-0.2, 0) is 0 Å². The van der Waals surface area contributed by atoms with E-state index < -0.39 is 0 Å². The summed E-state index contributed by atoms with van der Waals surface area (Å²) in [5, 5.41) is 3.42. The predicted molar refractivity (Wildman–Crippen MR) is 72.3 cm³/mol. The van der Waals surface area contributed by atoms with Gasteiger partial charge in [-0.1, -0.05) is 52.8 Å². The van der Waals surface area contributed by atoms with Crippen molar-refractivity contribution in [2.24, 2.45) is 0 Å². The van der Waals surface area contributed by atoms with Gasteiger partial charge in [0.15, 0.2) is 0 Å². The molecular weight excluding hydrogens is 182 g/mol. The molecule has 0 saturated carbocycles. The van der Waals surface area contributed by atoms with Crippen molar-refractivity contribution in [1.29, 1.82) is 0 Å². The van der Waals surface area contributed by atoms with Crippen molar-refractivity contribution in [1.82, 2.24) is 5.32 Å². The van der Waals surface area contributed by atoms with Gasteiger partial charge in [-0.15, -0.1) is 0 Å². The van der Waals surface area contributed by atoms with Gasteiger partial charge in [0.05, 0.1) is 0 Å². The third-order valence-corrected chi connectivity index (χ3v) is 2.03. The maximum Gasteiger partial charge on any atom is 0.0317 e. The Bertz CT molecular complexity index is 153. The van der Waals surface area contributed by atoms with Crippen molar-refractivity contribution < 1.29 is 0 Å². The van der Waals surface area contributed by atoms with E-state index in [0.717, 1.165) is 6.54 Å². The molecule has 1 nitrogen and oxygen atoms in total. The van der Waals surface area contributed by atoms with Gasteiger partial charge in [0.2, 0.25) is 0 Å². The minimum atomic E-state index is 0.586. The van der Waals surface area contributed by atoms with E-state index in [1.54, 1.807) is 0 Å². The van der Waals surface area contributed by atoms with Crippen molar-refractivity contribution in [2.45, 2.75) is 59.9 Å². The van der Waals surface area contributed by atoms with Crippen molar-refractivity contribution in [2.75, 3.05) is 6.54 Å². The number of allylic oxidation sites excluding steroid dienone is 1. The maximum atomic E-state index is 3.77. The summed E-state index contributed by atoms with van der Waals surface area (Å²) in [6, 6.07) is 0.586. The topological polar surface area (TPSA) is 12.0 Å². The second-order valence-electron chi connectivity index (χ2n) is 3.35. The van der Waals surface area contributed by atoms with Crippen LogP contribution in [0.1, 0.15) is 53.9 Å². The average molecular weight is 211 g/mol. The first-order valence-corrected chi connectivity index (χ1v) is 6.32. The van der Waals surface area contributed by atoms with Crippen LogP contribution in [-0.4, -0.2) is 12.6 Å². The monoisotopic (exact) mass is 211 g/mol.